The number of carbonyl (C=O) groups excluding carboxylic acids is 1. The average molecular weight is 340 g/mol. The van der Waals surface area contributed by atoms with E-state index in [4.69, 9.17) is 0 Å². The Bertz CT molecular complexity index is 705. The van der Waals surface area contributed by atoms with Gasteiger partial charge < -0.3 is 15.3 Å². The molecule has 1 aliphatic rings. The fourth-order valence-electron chi connectivity index (χ4n) is 3.15. The maximum absolute atomic E-state index is 12.3. The van der Waals surface area contributed by atoms with Gasteiger partial charge in [-0.25, -0.2) is 4.98 Å². The van der Waals surface area contributed by atoms with Gasteiger partial charge in [-0.05, 0) is 37.0 Å². The number of piperidine rings is 1. The Balaban J connectivity index is 1.60. The van der Waals surface area contributed by atoms with Gasteiger partial charge >= 0.3 is 0 Å². The fraction of sp³-hybridized carbons (Fsp3) is 0.421. The second-order valence-corrected chi connectivity index (χ2v) is 6.55. The van der Waals surface area contributed by atoms with Gasteiger partial charge in [0.25, 0.3) is 5.91 Å². The van der Waals surface area contributed by atoms with Crippen LogP contribution in [0.15, 0.2) is 42.9 Å². The number of carbonyl (C=O) groups is 1. The molecular formula is C19H24N4O2. The maximum Gasteiger partial charge on any atom is 0.251 e. The zero-order chi connectivity index (χ0) is 17.7. The number of nitrogens with zero attached hydrogens (tertiary/aromatic N) is 3. The van der Waals surface area contributed by atoms with Crippen LogP contribution < -0.4 is 10.2 Å². The van der Waals surface area contributed by atoms with Gasteiger partial charge in [0.1, 0.15) is 5.82 Å². The topological polar surface area (TPSA) is 78.4 Å². The maximum atomic E-state index is 12.3. The zero-order valence-corrected chi connectivity index (χ0v) is 14.5. The van der Waals surface area contributed by atoms with E-state index in [1.165, 1.54) is 5.56 Å². The van der Waals surface area contributed by atoms with Gasteiger partial charge in [0, 0.05) is 37.6 Å². The number of aromatic nitrogens is 2. The smallest absolute Gasteiger partial charge is 0.251 e. The van der Waals surface area contributed by atoms with Crippen molar-refractivity contribution in [3.05, 3.63) is 54.0 Å². The molecule has 2 N–H and O–H groups in total. The first-order valence-electron chi connectivity index (χ1n) is 8.70. The van der Waals surface area contributed by atoms with Crippen molar-refractivity contribution in [2.45, 2.75) is 31.8 Å². The Hall–Kier alpha value is -2.47. The number of aliphatic hydroxyl groups is 1. The molecule has 132 valence electrons. The highest BCUT2D eigenvalue weighted by Crippen LogP contribution is 2.24. The normalized spacial score (nSPS) is 20.3. The Morgan fingerprint density at radius 3 is 2.80 bits per heavy atom. The van der Waals surface area contributed by atoms with Crippen LogP contribution in [0.4, 0.5) is 5.82 Å². The quantitative estimate of drug-likeness (QED) is 0.868. The number of amides is 1. The minimum absolute atomic E-state index is 0.160. The molecule has 0 bridgehead atoms. The van der Waals surface area contributed by atoms with Crippen LogP contribution in [0.2, 0.25) is 0 Å². The van der Waals surface area contributed by atoms with Crippen molar-refractivity contribution >= 4 is 11.7 Å². The number of rotatable bonds is 5. The summed E-state index contributed by atoms with van der Waals surface area (Å²) in [4.78, 5) is 22.7. The van der Waals surface area contributed by atoms with Crippen molar-refractivity contribution in [2.24, 2.45) is 0 Å². The highest BCUT2D eigenvalue weighted by molar-refractivity contribution is 5.94. The van der Waals surface area contributed by atoms with Crippen LogP contribution in [0.5, 0.6) is 0 Å². The van der Waals surface area contributed by atoms with Gasteiger partial charge in [0.05, 0.1) is 11.8 Å². The third-order valence-corrected chi connectivity index (χ3v) is 4.63. The summed E-state index contributed by atoms with van der Waals surface area (Å²) in [6.07, 6.45) is 7.40. The molecule has 0 unspecified atom stereocenters. The zero-order valence-electron chi connectivity index (χ0n) is 14.5. The van der Waals surface area contributed by atoms with Gasteiger partial charge in [-0.2, -0.15) is 0 Å². The SMILES string of the molecule is CCc1ccc(C(=O)NC[C@@]2(O)CCCN(c3cnccn3)C2)cc1. The van der Waals surface area contributed by atoms with E-state index >= 15 is 0 Å². The van der Waals surface area contributed by atoms with Gasteiger partial charge in [-0.15, -0.1) is 0 Å². The lowest BCUT2D eigenvalue weighted by Gasteiger charge is -2.39. The van der Waals surface area contributed by atoms with Crippen LogP contribution in [0, 0.1) is 0 Å². The summed E-state index contributed by atoms with van der Waals surface area (Å²) in [5.41, 5.74) is 0.846. The van der Waals surface area contributed by atoms with Crippen molar-refractivity contribution < 1.29 is 9.90 Å². The predicted molar refractivity (Wildman–Crippen MR) is 96.6 cm³/mol. The van der Waals surface area contributed by atoms with Crippen LogP contribution in [0.25, 0.3) is 0 Å². The van der Waals surface area contributed by atoms with E-state index in [0.717, 1.165) is 25.2 Å². The molecule has 6 nitrogen and oxygen atoms in total. The Morgan fingerprint density at radius 2 is 2.12 bits per heavy atom. The van der Waals surface area contributed by atoms with E-state index in [9.17, 15) is 9.90 Å². The molecule has 1 aromatic carbocycles. The number of hydrogen-bond donors (Lipinski definition) is 2. The Kier molecular flexibility index (Phi) is 5.28. The number of anilines is 1. The highest BCUT2D eigenvalue weighted by Gasteiger charge is 2.34. The minimum Gasteiger partial charge on any atom is -0.386 e. The van der Waals surface area contributed by atoms with Crippen LogP contribution in [0.3, 0.4) is 0 Å². The summed E-state index contributed by atoms with van der Waals surface area (Å²) >= 11 is 0. The van der Waals surface area contributed by atoms with Crippen molar-refractivity contribution in [2.75, 3.05) is 24.5 Å². The summed E-state index contributed by atoms with van der Waals surface area (Å²) in [7, 11) is 0. The fourth-order valence-corrected chi connectivity index (χ4v) is 3.15. The molecule has 6 heteroatoms. The first-order valence-corrected chi connectivity index (χ1v) is 8.70. The summed E-state index contributed by atoms with van der Waals surface area (Å²) < 4.78 is 0. The molecule has 1 saturated heterocycles. The lowest BCUT2D eigenvalue weighted by Crippen LogP contribution is -2.54. The number of benzene rings is 1. The third-order valence-electron chi connectivity index (χ3n) is 4.63. The molecule has 0 aliphatic carbocycles. The summed E-state index contributed by atoms with van der Waals surface area (Å²) in [6, 6.07) is 7.57. The molecule has 1 amide bonds. The number of aryl methyl sites for hydroxylation is 1. The van der Waals surface area contributed by atoms with E-state index in [1.54, 1.807) is 18.6 Å². The van der Waals surface area contributed by atoms with Crippen molar-refractivity contribution in [3.63, 3.8) is 0 Å². The van der Waals surface area contributed by atoms with Crippen LogP contribution >= 0.6 is 0 Å². The lowest BCUT2D eigenvalue weighted by molar-refractivity contribution is 0.0254. The molecule has 1 fully saturated rings. The predicted octanol–water partition coefficient (Wildman–Crippen LogP) is 1.80. The van der Waals surface area contributed by atoms with Gasteiger partial charge in [0.2, 0.25) is 0 Å². The van der Waals surface area contributed by atoms with E-state index in [-0.39, 0.29) is 12.5 Å². The van der Waals surface area contributed by atoms with Crippen LogP contribution in [-0.4, -0.2) is 46.2 Å². The largest absolute Gasteiger partial charge is 0.386 e. The Morgan fingerprint density at radius 1 is 1.32 bits per heavy atom. The van der Waals surface area contributed by atoms with Crippen molar-refractivity contribution in [3.8, 4) is 0 Å². The Labute approximate surface area is 147 Å². The monoisotopic (exact) mass is 340 g/mol. The van der Waals surface area contributed by atoms with E-state index in [2.05, 4.69) is 22.2 Å². The van der Waals surface area contributed by atoms with Crippen LogP contribution in [-0.2, 0) is 6.42 Å². The minimum atomic E-state index is -0.964. The molecular weight excluding hydrogens is 316 g/mol. The average Bonchev–Trinajstić information content (AvgIpc) is 2.67. The molecule has 0 radical (unpaired) electrons. The van der Waals surface area contributed by atoms with E-state index in [1.807, 2.05) is 29.2 Å². The van der Waals surface area contributed by atoms with Gasteiger partial charge in [-0.3, -0.25) is 9.78 Å². The van der Waals surface area contributed by atoms with Crippen LogP contribution in [0.1, 0.15) is 35.7 Å². The number of nitrogens with one attached hydrogen (secondary N) is 1. The summed E-state index contributed by atoms with van der Waals surface area (Å²) in [5.74, 6) is 0.592. The number of hydrogen-bond acceptors (Lipinski definition) is 5. The second kappa shape index (κ2) is 7.61. The lowest BCUT2D eigenvalue weighted by atomic mass is 9.92. The summed E-state index contributed by atoms with van der Waals surface area (Å²) in [6.45, 7) is 3.56. The number of β-amino-alcohol motifs (C(OH)–C–C–N with tert-alkyl or cyclic N) is 1. The molecule has 25 heavy (non-hydrogen) atoms. The van der Waals surface area contributed by atoms with Gasteiger partial charge in [-0.1, -0.05) is 19.1 Å². The molecule has 1 aliphatic heterocycles. The molecule has 2 heterocycles. The first-order chi connectivity index (χ1) is 12.1. The van der Waals surface area contributed by atoms with Gasteiger partial charge in [0.15, 0.2) is 0 Å². The first kappa shape index (κ1) is 17.4. The molecule has 2 aromatic rings. The second-order valence-electron chi connectivity index (χ2n) is 6.55. The summed E-state index contributed by atoms with van der Waals surface area (Å²) in [5, 5.41) is 13.7. The standard InChI is InChI=1S/C19H24N4O2/c1-2-15-4-6-16(7-5-15)18(24)22-13-19(25)8-3-11-23(14-19)17-12-20-9-10-21-17/h4-7,9-10,12,25H,2-3,8,11,13-14H2,1H3,(H,22,24)/t19-/m0/s1. The molecule has 0 spiro atoms. The van der Waals surface area contributed by atoms with Crippen molar-refractivity contribution in [1.82, 2.24) is 15.3 Å². The third kappa shape index (κ3) is 4.33. The highest BCUT2D eigenvalue weighted by atomic mass is 16.3. The van der Waals surface area contributed by atoms with Crippen molar-refractivity contribution in [1.29, 1.82) is 0 Å². The van der Waals surface area contributed by atoms with E-state index in [0.29, 0.717) is 18.5 Å². The van der Waals surface area contributed by atoms with E-state index < -0.39 is 5.60 Å². The molecule has 1 atom stereocenters. The molecule has 0 saturated carbocycles. The molecule has 3 rings (SSSR count). The molecule has 1 aromatic heterocycles.